The SMILES string of the molecule is COCCOCC[N+]12CCC(C(C#N)(c3ccccc3)c3ccccc3)(CC1)CC2. The van der Waals surface area contributed by atoms with Crippen LogP contribution in [0, 0.1) is 16.7 Å². The fraction of sp³-hybridized carbons (Fsp3) is 0.500. The summed E-state index contributed by atoms with van der Waals surface area (Å²) >= 11 is 0. The van der Waals surface area contributed by atoms with E-state index in [4.69, 9.17) is 9.47 Å². The van der Waals surface area contributed by atoms with Crippen molar-refractivity contribution in [3.63, 3.8) is 0 Å². The smallest absolute Gasteiger partial charge is 0.113 e. The van der Waals surface area contributed by atoms with E-state index in [0.717, 1.165) is 67.7 Å². The normalized spacial score (nSPS) is 25.7. The summed E-state index contributed by atoms with van der Waals surface area (Å²) < 4.78 is 12.0. The van der Waals surface area contributed by atoms with E-state index in [2.05, 4.69) is 54.6 Å². The van der Waals surface area contributed by atoms with Gasteiger partial charge in [0.05, 0.1) is 45.5 Å². The number of quaternary nitrogens is 1. The van der Waals surface area contributed by atoms with Crippen LogP contribution in [0.25, 0.3) is 0 Å². The van der Waals surface area contributed by atoms with E-state index in [9.17, 15) is 5.26 Å². The lowest BCUT2D eigenvalue weighted by atomic mass is 9.50. The summed E-state index contributed by atoms with van der Waals surface area (Å²) in [5.74, 6) is 0. The average molecular weight is 406 g/mol. The first-order valence-electron chi connectivity index (χ1n) is 11.1. The molecule has 0 amide bonds. The quantitative estimate of drug-likeness (QED) is 0.465. The molecule has 5 rings (SSSR count). The second-order valence-electron chi connectivity index (χ2n) is 8.97. The molecule has 0 aromatic heterocycles. The molecule has 0 aliphatic carbocycles. The maximum atomic E-state index is 10.8. The zero-order valence-corrected chi connectivity index (χ0v) is 18.1. The number of piperidine rings is 3. The number of fused-ring (bicyclic) bond motifs is 3. The van der Waals surface area contributed by atoms with Crippen molar-refractivity contribution in [2.24, 2.45) is 5.41 Å². The molecule has 30 heavy (non-hydrogen) atoms. The summed E-state index contributed by atoms with van der Waals surface area (Å²) in [4.78, 5) is 0. The number of methoxy groups -OCH3 is 1. The fourth-order valence-electron chi connectivity index (χ4n) is 5.87. The third-order valence-corrected chi connectivity index (χ3v) is 7.71. The van der Waals surface area contributed by atoms with Gasteiger partial charge in [-0.05, 0) is 11.1 Å². The Morgan fingerprint density at radius 1 is 0.867 bits per heavy atom. The van der Waals surface area contributed by atoms with Crippen LogP contribution in [0.4, 0.5) is 0 Å². The van der Waals surface area contributed by atoms with Gasteiger partial charge in [0.1, 0.15) is 12.0 Å². The molecule has 4 heteroatoms. The summed E-state index contributed by atoms with van der Waals surface area (Å²) in [7, 11) is 1.71. The van der Waals surface area contributed by atoms with Gasteiger partial charge in [0.25, 0.3) is 0 Å². The molecule has 2 aromatic rings. The molecular formula is C26H33N2O2+. The first-order valence-corrected chi connectivity index (χ1v) is 11.1. The van der Waals surface area contributed by atoms with Crippen LogP contribution in [0.2, 0.25) is 0 Å². The Hall–Kier alpha value is -2.19. The van der Waals surface area contributed by atoms with Gasteiger partial charge in [0, 0.05) is 31.8 Å². The van der Waals surface area contributed by atoms with Crippen molar-refractivity contribution in [2.45, 2.75) is 24.7 Å². The van der Waals surface area contributed by atoms with Crippen LogP contribution in [-0.4, -0.2) is 57.6 Å². The van der Waals surface area contributed by atoms with E-state index in [1.807, 2.05) is 12.1 Å². The summed E-state index contributed by atoms with van der Waals surface area (Å²) in [6.07, 6.45) is 3.26. The number of hydrogen-bond acceptors (Lipinski definition) is 3. The Labute approximate surface area is 180 Å². The fourth-order valence-corrected chi connectivity index (χ4v) is 5.87. The molecule has 0 spiro atoms. The highest BCUT2D eigenvalue weighted by atomic mass is 16.5. The number of hydrogen-bond donors (Lipinski definition) is 0. The summed E-state index contributed by atoms with van der Waals surface area (Å²) in [6.45, 7) is 6.58. The van der Waals surface area contributed by atoms with Gasteiger partial charge in [-0.2, -0.15) is 5.26 Å². The van der Waals surface area contributed by atoms with Crippen molar-refractivity contribution in [2.75, 3.05) is 53.1 Å². The zero-order chi connectivity index (χ0) is 20.9. The standard InChI is InChI=1S/C26H33N2O2/c1-29-20-21-30-19-18-28-15-12-25(13-16-28,14-17-28)26(22-27,23-8-4-2-5-9-23)24-10-6-3-7-11-24/h2-11H,12-21H2,1H3/q+1. The summed E-state index contributed by atoms with van der Waals surface area (Å²) in [5, 5.41) is 10.8. The van der Waals surface area contributed by atoms with E-state index >= 15 is 0 Å². The second-order valence-corrected chi connectivity index (χ2v) is 8.97. The Morgan fingerprint density at radius 2 is 1.40 bits per heavy atom. The topological polar surface area (TPSA) is 42.2 Å². The number of nitrogens with zero attached hydrogens (tertiary/aromatic N) is 2. The number of ether oxygens (including phenoxy) is 2. The molecule has 0 atom stereocenters. The molecule has 2 aromatic carbocycles. The highest BCUT2D eigenvalue weighted by molar-refractivity contribution is 5.49. The Bertz CT molecular complexity index is 796. The van der Waals surface area contributed by atoms with Crippen molar-refractivity contribution in [3.05, 3.63) is 71.8 Å². The minimum Gasteiger partial charge on any atom is -0.382 e. The number of rotatable bonds is 9. The molecule has 2 bridgehead atoms. The molecule has 0 unspecified atom stereocenters. The number of benzene rings is 2. The average Bonchev–Trinajstić information content (AvgIpc) is 2.82. The van der Waals surface area contributed by atoms with Gasteiger partial charge in [0.15, 0.2) is 0 Å². The number of nitriles is 1. The van der Waals surface area contributed by atoms with Gasteiger partial charge in [-0.3, -0.25) is 0 Å². The molecule has 0 N–H and O–H groups in total. The van der Waals surface area contributed by atoms with Gasteiger partial charge in [-0.15, -0.1) is 0 Å². The molecule has 3 saturated heterocycles. The van der Waals surface area contributed by atoms with Crippen LogP contribution in [0.5, 0.6) is 0 Å². The highest BCUT2D eigenvalue weighted by Gasteiger charge is 2.61. The van der Waals surface area contributed by atoms with Gasteiger partial charge in [-0.25, -0.2) is 0 Å². The molecule has 3 aliphatic rings. The largest absolute Gasteiger partial charge is 0.382 e. The summed E-state index contributed by atoms with van der Waals surface area (Å²) in [6, 6.07) is 23.9. The lowest BCUT2D eigenvalue weighted by molar-refractivity contribution is -0.946. The van der Waals surface area contributed by atoms with Crippen molar-refractivity contribution in [1.82, 2.24) is 0 Å². The second kappa shape index (κ2) is 8.89. The molecule has 3 aliphatic heterocycles. The maximum Gasteiger partial charge on any atom is 0.113 e. The Balaban J connectivity index is 1.61. The third-order valence-electron chi connectivity index (χ3n) is 7.71. The predicted molar refractivity (Wildman–Crippen MR) is 118 cm³/mol. The van der Waals surface area contributed by atoms with Gasteiger partial charge in [-0.1, -0.05) is 60.7 Å². The van der Waals surface area contributed by atoms with E-state index in [-0.39, 0.29) is 5.41 Å². The molecule has 0 saturated carbocycles. The van der Waals surface area contributed by atoms with Crippen LogP contribution in [0.3, 0.4) is 0 Å². The maximum absolute atomic E-state index is 10.8. The molecule has 3 fully saturated rings. The molecular weight excluding hydrogens is 372 g/mol. The Kier molecular flexibility index (Phi) is 6.24. The first kappa shape index (κ1) is 21.1. The summed E-state index contributed by atoms with van der Waals surface area (Å²) in [5.41, 5.74) is 1.68. The van der Waals surface area contributed by atoms with Gasteiger partial charge < -0.3 is 14.0 Å². The van der Waals surface area contributed by atoms with Crippen LogP contribution in [0.15, 0.2) is 60.7 Å². The predicted octanol–water partition coefficient (Wildman–Crippen LogP) is 4.16. The molecule has 4 nitrogen and oxygen atoms in total. The van der Waals surface area contributed by atoms with Crippen molar-refractivity contribution < 1.29 is 14.0 Å². The van der Waals surface area contributed by atoms with Gasteiger partial charge in [0.2, 0.25) is 0 Å². The third kappa shape index (κ3) is 3.56. The minimum absolute atomic E-state index is 0.0125. The molecule has 3 heterocycles. The van der Waals surface area contributed by atoms with Crippen LogP contribution in [0.1, 0.15) is 30.4 Å². The minimum atomic E-state index is -0.596. The van der Waals surface area contributed by atoms with E-state index < -0.39 is 5.41 Å². The first-order chi connectivity index (χ1) is 14.7. The van der Waals surface area contributed by atoms with Crippen LogP contribution in [-0.2, 0) is 14.9 Å². The van der Waals surface area contributed by atoms with Crippen molar-refractivity contribution >= 4 is 0 Å². The molecule has 158 valence electrons. The highest BCUT2D eigenvalue weighted by Crippen LogP contribution is 2.58. The molecule has 0 radical (unpaired) electrons. The lowest BCUT2D eigenvalue weighted by Gasteiger charge is -2.59. The lowest BCUT2D eigenvalue weighted by Crippen LogP contribution is -2.67. The zero-order valence-electron chi connectivity index (χ0n) is 18.1. The van der Waals surface area contributed by atoms with E-state index in [1.54, 1.807) is 7.11 Å². The van der Waals surface area contributed by atoms with E-state index in [1.165, 1.54) is 0 Å². The Morgan fingerprint density at radius 3 is 1.87 bits per heavy atom. The monoisotopic (exact) mass is 405 g/mol. The van der Waals surface area contributed by atoms with Crippen LogP contribution < -0.4 is 0 Å². The van der Waals surface area contributed by atoms with Gasteiger partial charge >= 0.3 is 0 Å². The van der Waals surface area contributed by atoms with Crippen LogP contribution >= 0.6 is 0 Å². The van der Waals surface area contributed by atoms with E-state index in [0.29, 0.717) is 13.2 Å². The van der Waals surface area contributed by atoms with Crippen molar-refractivity contribution in [3.8, 4) is 6.07 Å². The van der Waals surface area contributed by atoms with Crippen molar-refractivity contribution in [1.29, 1.82) is 5.26 Å².